The molecule has 0 spiro atoms. The van der Waals surface area contributed by atoms with Crippen LogP contribution in [0.1, 0.15) is 23.8 Å². The molecule has 2 heterocycles. The van der Waals surface area contributed by atoms with Crippen LogP contribution in [0.25, 0.3) is 0 Å². The predicted octanol–water partition coefficient (Wildman–Crippen LogP) is 3.51. The number of hydrogen-bond acceptors (Lipinski definition) is 5. The zero-order valence-corrected chi connectivity index (χ0v) is 16.5. The van der Waals surface area contributed by atoms with Crippen LogP contribution in [0.2, 0.25) is 0 Å². The molecule has 142 valence electrons. The van der Waals surface area contributed by atoms with E-state index in [1.54, 1.807) is 24.5 Å². The molecule has 1 atom stereocenters. The zero-order chi connectivity index (χ0) is 17.5. The number of nitrogens with zero attached hydrogens (tertiary/aromatic N) is 1. The number of carbonyl (C=O) groups excluding carboxylic acids is 1. The van der Waals surface area contributed by atoms with Gasteiger partial charge in [-0.3, -0.25) is 9.69 Å². The smallest absolute Gasteiger partial charge is 0.258 e. The molecule has 1 aliphatic heterocycles. The molecule has 1 amide bonds. The van der Waals surface area contributed by atoms with Crippen molar-refractivity contribution in [1.82, 2.24) is 10.2 Å². The van der Waals surface area contributed by atoms with E-state index < -0.39 is 0 Å². The van der Waals surface area contributed by atoms with Gasteiger partial charge in [0.2, 0.25) is 0 Å². The number of methoxy groups -OCH3 is 1. The molecule has 2 aromatic rings. The lowest BCUT2D eigenvalue weighted by atomic mass is 10.2. The molecule has 26 heavy (non-hydrogen) atoms. The van der Waals surface area contributed by atoms with Crippen molar-refractivity contribution in [3.05, 3.63) is 46.7 Å². The van der Waals surface area contributed by atoms with E-state index in [9.17, 15) is 4.79 Å². The number of rotatable bonds is 8. The van der Waals surface area contributed by atoms with Gasteiger partial charge in [-0.1, -0.05) is 18.2 Å². The Morgan fingerprint density at radius 1 is 1.19 bits per heavy atom. The van der Waals surface area contributed by atoms with Crippen LogP contribution in [0.15, 0.2) is 41.8 Å². The third kappa shape index (κ3) is 5.37. The van der Waals surface area contributed by atoms with Crippen LogP contribution in [0.3, 0.4) is 0 Å². The van der Waals surface area contributed by atoms with Crippen molar-refractivity contribution >= 4 is 29.7 Å². The van der Waals surface area contributed by atoms with Crippen LogP contribution in [-0.4, -0.2) is 44.2 Å². The summed E-state index contributed by atoms with van der Waals surface area (Å²) in [6.45, 7) is 2.78. The maximum Gasteiger partial charge on any atom is 0.258 e. The Balaban J connectivity index is 0.00000243. The first-order valence-electron chi connectivity index (χ1n) is 8.58. The SMILES string of the molecule is COc1ccccc1OCC(=O)NCC(c1cccs1)N1CCCC1.Cl. The molecule has 0 saturated carbocycles. The first-order chi connectivity index (χ1) is 12.3. The average Bonchev–Trinajstić information content (AvgIpc) is 3.35. The minimum absolute atomic E-state index is 0. The highest BCUT2D eigenvalue weighted by Gasteiger charge is 2.24. The van der Waals surface area contributed by atoms with Gasteiger partial charge in [-0.25, -0.2) is 0 Å². The Kier molecular flexibility index (Phi) is 8.22. The molecule has 1 unspecified atom stereocenters. The van der Waals surface area contributed by atoms with Crippen LogP contribution in [-0.2, 0) is 4.79 Å². The minimum atomic E-state index is -0.119. The number of thiophene rings is 1. The summed E-state index contributed by atoms with van der Waals surface area (Å²) in [6.07, 6.45) is 2.46. The van der Waals surface area contributed by atoms with Crippen molar-refractivity contribution in [2.45, 2.75) is 18.9 Å². The van der Waals surface area contributed by atoms with Gasteiger partial charge in [0.25, 0.3) is 5.91 Å². The lowest BCUT2D eigenvalue weighted by molar-refractivity contribution is -0.123. The minimum Gasteiger partial charge on any atom is -0.493 e. The maximum absolute atomic E-state index is 12.2. The van der Waals surface area contributed by atoms with E-state index in [2.05, 4.69) is 27.7 Å². The van der Waals surface area contributed by atoms with Gasteiger partial charge in [-0.2, -0.15) is 0 Å². The van der Waals surface area contributed by atoms with Crippen LogP contribution in [0.5, 0.6) is 11.5 Å². The number of hydrogen-bond donors (Lipinski definition) is 1. The van der Waals surface area contributed by atoms with E-state index in [0.717, 1.165) is 13.1 Å². The van der Waals surface area contributed by atoms with Gasteiger partial charge in [-0.15, -0.1) is 23.7 Å². The summed E-state index contributed by atoms with van der Waals surface area (Å²) in [5.41, 5.74) is 0. The fraction of sp³-hybridized carbons (Fsp3) is 0.421. The van der Waals surface area contributed by atoms with Crippen molar-refractivity contribution in [3.63, 3.8) is 0 Å². The van der Waals surface area contributed by atoms with Gasteiger partial charge in [-0.05, 0) is 49.5 Å². The van der Waals surface area contributed by atoms with Crippen LogP contribution >= 0.6 is 23.7 Å². The van der Waals surface area contributed by atoms with Gasteiger partial charge in [0.05, 0.1) is 13.2 Å². The fourth-order valence-corrected chi connectivity index (χ4v) is 3.95. The van der Waals surface area contributed by atoms with E-state index in [1.807, 2.05) is 18.2 Å². The molecule has 0 bridgehead atoms. The van der Waals surface area contributed by atoms with Crippen LogP contribution in [0, 0.1) is 0 Å². The standard InChI is InChI=1S/C19H24N2O3S.ClH/c1-23-16-7-2-3-8-17(16)24-14-19(22)20-13-15(18-9-6-12-25-18)21-10-4-5-11-21;/h2-3,6-9,12,15H,4-5,10-11,13-14H2,1H3,(H,20,22);1H. The zero-order valence-electron chi connectivity index (χ0n) is 14.8. The number of likely N-dealkylation sites (tertiary alicyclic amines) is 1. The molecule has 1 aromatic carbocycles. The highest BCUT2D eigenvalue weighted by molar-refractivity contribution is 7.10. The number of ether oxygens (including phenoxy) is 2. The highest BCUT2D eigenvalue weighted by Crippen LogP contribution is 2.28. The van der Waals surface area contributed by atoms with Gasteiger partial charge in [0.1, 0.15) is 0 Å². The summed E-state index contributed by atoms with van der Waals surface area (Å²) < 4.78 is 10.8. The second-order valence-electron chi connectivity index (χ2n) is 6.02. The quantitative estimate of drug-likeness (QED) is 0.741. The van der Waals surface area contributed by atoms with Crippen molar-refractivity contribution in [2.75, 3.05) is 33.4 Å². The number of amides is 1. The summed E-state index contributed by atoms with van der Waals surface area (Å²) >= 11 is 1.74. The molecule has 0 aliphatic carbocycles. The molecule has 5 nitrogen and oxygen atoms in total. The lowest BCUT2D eigenvalue weighted by Crippen LogP contribution is -2.38. The first kappa shape index (κ1) is 20.6. The molecule has 3 rings (SSSR count). The second-order valence-corrected chi connectivity index (χ2v) is 7.00. The third-order valence-corrected chi connectivity index (χ3v) is 5.35. The third-order valence-electron chi connectivity index (χ3n) is 4.37. The number of para-hydroxylation sites is 2. The highest BCUT2D eigenvalue weighted by atomic mass is 35.5. The summed E-state index contributed by atoms with van der Waals surface area (Å²) in [6, 6.07) is 11.8. The number of nitrogens with one attached hydrogen (secondary N) is 1. The van der Waals surface area contributed by atoms with Crippen molar-refractivity contribution in [3.8, 4) is 11.5 Å². The van der Waals surface area contributed by atoms with Gasteiger partial charge in [0, 0.05) is 11.4 Å². The Hall–Kier alpha value is -1.76. The van der Waals surface area contributed by atoms with E-state index in [4.69, 9.17) is 9.47 Å². The van der Waals surface area contributed by atoms with Crippen LogP contribution < -0.4 is 14.8 Å². The monoisotopic (exact) mass is 396 g/mol. The van der Waals surface area contributed by atoms with E-state index in [1.165, 1.54) is 17.7 Å². The summed E-state index contributed by atoms with van der Waals surface area (Å²) in [4.78, 5) is 16.0. The topological polar surface area (TPSA) is 50.8 Å². The molecular formula is C19H25ClN2O3S. The normalized spacial score (nSPS) is 15.1. The predicted molar refractivity (Wildman–Crippen MR) is 107 cm³/mol. The summed E-state index contributed by atoms with van der Waals surface area (Å²) in [7, 11) is 1.59. The van der Waals surface area contributed by atoms with E-state index in [0.29, 0.717) is 18.0 Å². The fourth-order valence-electron chi connectivity index (χ4n) is 3.09. The van der Waals surface area contributed by atoms with Gasteiger partial charge in [0.15, 0.2) is 18.1 Å². The average molecular weight is 397 g/mol. The number of halogens is 1. The Bertz CT molecular complexity index is 675. The van der Waals surface area contributed by atoms with Gasteiger partial charge >= 0.3 is 0 Å². The molecule has 0 radical (unpaired) electrons. The lowest BCUT2D eigenvalue weighted by Gasteiger charge is -2.26. The second kappa shape index (κ2) is 10.4. The molecule has 1 aliphatic rings. The van der Waals surface area contributed by atoms with Crippen LogP contribution in [0.4, 0.5) is 0 Å². The van der Waals surface area contributed by atoms with E-state index >= 15 is 0 Å². The molecule has 7 heteroatoms. The van der Waals surface area contributed by atoms with Crippen molar-refractivity contribution in [1.29, 1.82) is 0 Å². The first-order valence-corrected chi connectivity index (χ1v) is 9.46. The van der Waals surface area contributed by atoms with E-state index in [-0.39, 0.29) is 31.0 Å². The number of benzene rings is 1. The maximum atomic E-state index is 12.2. The van der Waals surface area contributed by atoms with Crippen molar-refractivity contribution < 1.29 is 14.3 Å². The number of carbonyl (C=O) groups is 1. The summed E-state index contributed by atoms with van der Waals surface area (Å²) in [5, 5.41) is 5.10. The Morgan fingerprint density at radius 3 is 2.58 bits per heavy atom. The Morgan fingerprint density at radius 2 is 1.92 bits per heavy atom. The molecule has 1 aromatic heterocycles. The largest absolute Gasteiger partial charge is 0.493 e. The molecule has 1 N–H and O–H groups in total. The Labute approximate surface area is 164 Å². The molecular weight excluding hydrogens is 372 g/mol. The molecule has 1 saturated heterocycles. The summed E-state index contributed by atoms with van der Waals surface area (Å²) in [5.74, 6) is 1.09. The van der Waals surface area contributed by atoms with Crippen molar-refractivity contribution in [2.24, 2.45) is 0 Å². The molecule has 1 fully saturated rings. The van der Waals surface area contributed by atoms with Gasteiger partial charge < -0.3 is 14.8 Å².